The number of hydrogen-bond donors (Lipinski definition) is 0. The molecule has 0 aromatic heterocycles. The summed E-state index contributed by atoms with van der Waals surface area (Å²) in [6.45, 7) is 3.96. The van der Waals surface area contributed by atoms with Gasteiger partial charge in [-0.05, 0) is 19.9 Å². The molecule has 25 heavy (non-hydrogen) atoms. The number of rotatable bonds is 5. The number of morpholine rings is 1. The Bertz CT molecular complexity index is 645. The Morgan fingerprint density at radius 1 is 1.08 bits per heavy atom. The number of hydrogen-bond acceptors (Lipinski definition) is 5. The molecule has 0 radical (unpaired) electrons. The summed E-state index contributed by atoms with van der Waals surface area (Å²) < 4.78 is 15.8. The predicted molar refractivity (Wildman–Crippen MR) is 94.5 cm³/mol. The smallest absolute Gasteiger partial charge is 0.344 e. The molecule has 2 atom stereocenters. The minimum absolute atomic E-state index is 0.0523. The number of benzene rings is 1. The lowest BCUT2D eigenvalue weighted by molar-refractivity contribution is -0.158. The fourth-order valence-electron chi connectivity index (χ4n) is 2.41. The Balaban J connectivity index is 1.79. The minimum Gasteiger partial charge on any atom is -0.480 e. The molecule has 0 bridgehead atoms. The van der Waals surface area contributed by atoms with Gasteiger partial charge < -0.3 is 19.1 Å². The summed E-state index contributed by atoms with van der Waals surface area (Å²) in [5.74, 6) is -0.761. The zero-order chi connectivity index (χ0) is 18.6. The number of amides is 1. The van der Waals surface area contributed by atoms with Crippen LogP contribution in [-0.4, -0.2) is 55.3 Å². The SMILES string of the molecule is CC1CN(C(=O)COC(=O)COc2cc(Cl)c(Cl)cc2Cl)CC(C)O1. The highest BCUT2D eigenvalue weighted by Gasteiger charge is 2.26. The van der Waals surface area contributed by atoms with Gasteiger partial charge in [-0.15, -0.1) is 0 Å². The minimum atomic E-state index is -0.690. The number of ether oxygens (including phenoxy) is 3. The van der Waals surface area contributed by atoms with Crippen molar-refractivity contribution in [3.8, 4) is 5.75 Å². The van der Waals surface area contributed by atoms with E-state index in [1.54, 1.807) is 4.90 Å². The van der Waals surface area contributed by atoms with Gasteiger partial charge in [-0.25, -0.2) is 4.79 Å². The van der Waals surface area contributed by atoms with Gasteiger partial charge in [-0.3, -0.25) is 4.79 Å². The third kappa shape index (κ3) is 5.92. The van der Waals surface area contributed by atoms with E-state index >= 15 is 0 Å². The van der Waals surface area contributed by atoms with Gasteiger partial charge in [0.1, 0.15) is 5.75 Å². The summed E-state index contributed by atoms with van der Waals surface area (Å²) in [4.78, 5) is 25.5. The van der Waals surface area contributed by atoms with Crippen molar-refractivity contribution in [1.29, 1.82) is 0 Å². The molecular formula is C16H18Cl3NO5. The molecule has 2 unspecified atom stereocenters. The van der Waals surface area contributed by atoms with E-state index in [1.807, 2.05) is 13.8 Å². The van der Waals surface area contributed by atoms with Crippen molar-refractivity contribution < 1.29 is 23.8 Å². The van der Waals surface area contributed by atoms with Crippen molar-refractivity contribution in [2.24, 2.45) is 0 Å². The maximum atomic E-state index is 12.1. The van der Waals surface area contributed by atoms with Gasteiger partial charge in [-0.1, -0.05) is 34.8 Å². The van der Waals surface area contributed by atoms with Crippen LogP contribution >= 0.6 is 34.8 Å². The molecule has 1 aliphatic heterocycles. The molecule has 0 saturated carbocycles. The fourth-order valence-corrected chi connectivity index (χ4v) is 3.00. The van der Waals surface area contributed by atoms with Crippen LogP contribution in [0.2, 0.25) is 15.1 Å². The average molecular weight is 411 g/mol. The van der Waals surface area contributed by atoms with Crippen LogP contribution in [-0.2, 0) is 19.1 Å². The molecule has 1 amide bonds. The molecule has 0 spiro atoms. The molecule has 9 heteroatoms. The van der Waals surface area contributed by atoms with Crippen molar-refractivity contribution >= 4 is 46.7 Å². The van der Waals surface area contributed by atoms with Crippen molar-refractivity contribution in [2.45, 2.75) is 26.1 Å². The zero-order valence-corrected chi connectivity index (χ0v) is 16.0. The second-order valence-electron chi connectivity index (χ2n) is 5.70. The van der Waals surface area contributed by atoms with E-state index in [9.17, 15) is 9.59 Å². The van der Waals surface area contributed by atoms with Crippen LogP contribution in [0.3, 0.4) is 0 Å². The van der Waals surface area contributed by atoms with Crippen LogP contribution in [0, 0.1) is 0 Å². The topological polar surface area (TPSA) is 65.1 Å². The first-order chi connectivity index (χ1) is 11.8. The van der Waals surface area contributed by atoms with E-state index in [-0.39, 0.29) is 45.5 Å². The molecule has 6 nitrogen and oxygen atoms in total. The summed E-state index contributed by atoms with van der Waals surface area (Å²) in [5, 5.41) is 0.746. The van der Waals surface area contributed by atoms with Gasteiger partial charge in [0.15, 0.2) is 13.2 Å². The summed E-state index contributed by atoms with van der Waals surface area (Å²) in [7, 11) is 0. The van der Waals surface area contributed by atoms with Crippen molar-refractivity contribution in [3.63, 3.8) is 0 Å². The quantitative estimate of drug-likeness (QED) is 0.551. The summed E-state index contributed by atoms with van der Waals surface area (Å²) in [6.07, 6.45) is -0.105. The van der Waals surface area contributed by atoms with Crippen LogP contribution in [0.4, 0.5) is 0 Å². The van der Waals surface area contributed by atoms with Gasteiger partial charge in [0, 0.05) is 19.2 Å². The number of esters is 1. The first kappa shape index (κ1) is 20.1. The van der Waals surface area contributed by atoms with Crippen molar-refractivity contribution in [3.05, 3.63) is 27.2 Å². The molecule has 138 valence electrons. The van der Waals surface area contributed by atoms with Gasteiger partial charge >= 0.3 is 5.97 Å². The van der Waals surface area contributed by atoms with Gasteiger partial charge in [-0.2, -0.15) is 0 Å². The maximum Gasteiger partial charge on any atom is 0.344 e. The van der Waals surface area contributed by atoms with E-state index < -0.39 is 12.6 Å². The Kier molecular flexibility index (Phi) is 7.19. The Morgan fingerprint density at radius 3 is 2.32 bits per heavy atom. The fraction of sp³-hybridized carbons (Fsp3) is 0.500. The lowest BCUT2D eigenvalue weighted by atomic mass is 10.2. The Morgan fingerprint density at radius 2 is 1.68 bits per heavy atom. The van der Waals surface area contributed by atoms with E-state index in [0.717, 1.165) is 0 Å². The van der Waals surface area contributed by atoms with Crippen LogP contribution in [0.25, 0.3) is 0 Å². The standard InChI is InChI=1S/C16H18Cl3NO5/c1-9-5-20(6-10(2)25-9)15(21)7-24-16(22)8-23-14-4-12(18)11(17)3-13(14)19/h3-4,9-10H,5-8H2,1-2H3. The number of nitrogens with zero attached hydrogens (tertiary/aromatic N) is 1. The highest BCUT2D eigenvalue weighted by Crippen LogP contribution is 2.33. The van der Waals surface area contributed by atoms with E-state index in [0.29, 0.717) is 13.1 Å². The van der Waals surface area contributed by atoms with Crippen LogP contribution < -0.4 is 4.74 Å². The van der Waals surface area contributed by atoms with Crippen molar-refractivity contribution in [1.82, 2.24) is 4.90 Å². The Hall–Kier alpha value is -1.21. The first-order valence-electron chi connectivity index (χ1n) is 7.62. The number of halogens is 3. The third-order valence-corrected chi connectivity index (χ3v) is 4.47. The van der Waals surface area contributed by atoms with Crippen molar-refractivity contribution in [2.75, 3.05) is 26.3 Å². The highest BCUT2D eigenvalue weighted by atomic mass is 35.5. The second-order valence-corrected chi connectivity index (χ2v) is 6.92. The van der Waals surface area contributed by atoms with E-state index in [4.69, 9.17) is 49.0 Å². The predicted octanol–water partition coefficient (Wildman–Crippen LogP) is 3.20. The van der Waals surface area contributed by atoms with Gasteiger partial charge in [0.05, 0.1) is 27.3 Å². The molecule has 1 aromatic carbocycles. The number of carbonyl (C=O) groups is 2. The van der Waals surface area contributed by atoms with E-state index in [1.165, 1.54) is 12.1 Å². The van der Waals surface area contributed by atoms with Crippen LogP contribution in [0.5, 0.6) is 5.75 Å². The zero-order valence-electron chi connectivity index (χ0n) is 13.8. The van der Waals surface area contributed by atoms with Gasteiger partial charge in [0.2, 0.25) is 0 Å². The molecule has 1 aromatic rings. The molecule has 1 saturated heterocycles. The van der Waals surface area contributed by atoms with Gasteiger partial charge in [0.25, 0.3) is 5.91 Å². The van der Waals surface area contributed by atoms with Crippen LogP contribution in [0.15, 0.2) is 12.1 Å². The van der Waals surface area contributed by atoms with E-state index in [2.05, 4.69) is 0 Å². The van der Waals surface area contributed by atoms with Crippen LogP contribution in [0.1, 0.15) is 13.8 Å². The summed E-state index contributed by atoms with van der Waals surface area (Å²) in [5.41, 5.74) is 0. The monoisotopic (exact) mass is 409 g/mol. The lowest BCUT2D eigenvalue weighted by Crippen LogP contribution is -2.49. The normalized spacial score (nSPS) is 20.3. The second kappa shape index (κ2) is 8.94. The molecule has 0 aliphatic carbocycles. The molecule has 2 rings (SSSR count). The average Bonchev–Trinajstić information content (AvgIpc) is 2.53. The maximum absolute atomic E-state index is 12.1. The molecule has 0 N–H and O–H groups in total. The summed E-state index contributed by atoms with van der Waals surface area (Å²) in [6, 6.07) is 2.82. The first-order valence-corrected chi connectivity index (χ1v) is 8.76. The Labute approximate surface area is 160 Å². The lowest BCUT2D eigenvalue weighted by Gasteiger charge is -2.35. The molecule has 1 fully saturated rings. The molecular weight excluding hydrogens is 393 g/mol. The molecule has 1 aliphatic rings. The highest BCUT2D eigenvalue weighted by molar-refractivity contribution is 6.43. The largest absolute Gasteiger partial charge is 0.480 e. The molecule has 1 heterocycles. The third-order valence-electron chi connectivity index (χ3n) is 3.45. The summed E-state index contributed by atoms with van der Waals surface area (Å²) >= 11 is 17.6. The number of carbonyl (C=O) groups excluding carboxylic acids is 2.